The van der Waals surface area contributed by atoms with Gasteiger partial charge in [0, 0.05) is 28.9 Å². The number of carbonyl (C=O) groups is 1. The molecule has 0 fully saturated rings. The molecule has 7 nitrogen and oxygen atoms in total. The van der Waals surface area contributed by atoms with Gasteiger partial charge < -0.3 is 9.73 Å². The minimum atomic E-state index is -0.537. The summed E-state index contributed by atoms with van der Waals surface area (Å²) in [5, 5.41) is 13.6. The highest BCUT2D eigenvalue weighted by Crippen LogP contribution is 2.27. The van der Waals surface area contributed by atoms with Crippen molar-refractivity contribution in [2.24, 2.45) is 0 Å². The molecule has 0 atom stereocenters. The Balaban J connectivity index is 1.60. The lowest BCUT2D eigenvalue weighted by molar-refractivity contribution is -0.384. The Bertz CT molecular complexity index is 1210. The minimum Gasteiger partial charge on any atom is -0.436 e. The van der Waals surface area contributed by atoms with E-state index in [1.54, 1.807) is 18.2 Å². The van der Waals surface area contributed by atoms with E-state index in [1.807, 2.05) is 31.2 Å². The number of nitrogens with zero attached hydrogens (tertiary/aromatic N) is 2. The van der Waals surface area contributed by atoms with E-state index in [2.05, 4.69) is 10.3 Å². The Morgan fingerprint density at radius 3 is 2.68 bits per heavy atom. The molecule has 1 amide bonds. The van der Waals surface area contributed by atoms with Gasteiger partial charge in [-0.15, -0.1) is 0 Å². The van der Waals surface area contributed by atoms with Gasteiger partial charge in [-0.05, 0) is 43.3 Å². The molecule has 0 unspecified atom stereocenters. The van der Waals surface area contributed by atoms with E-state index in [4.69, 9.17) is 4.42 Å². The topological polar surface area (TPSA) is 98.3 Å². The lowest BCUT2D eigenvalue weighted by Gasteiger charge is -2.04. The van der Waals surface area contributed by atoms with E-state index < -0.39 is 10.8 Å². The molecule has 0 saturated heterocycles. The SMILES string of the molecule is Cc1cccc(-c2nc3cc(NC(=O)c4cccc([N+](=O)[O-])c4)ccc3o2)c1. The van der Waals surface area contributed by atoms with Crippen molar-refractivity contribution in [3.63, 3.8) is 0 Å². The van der Waals surface area contributed by atoms with E-state index in [0.717, 1.165) is 11.1 Å². The number of hydrogen-bond acceptors (Lipinski definition) is 5. The summed E-state index contributed by atoms with van der Waals surface area (Å²) in [6.07, 6.45) is 0. The molecule has 0 saturated carbocycles. The number of non-ortho nitro benzene ring substituents is 1. The van der Waals surface area contributed by atoms with Crippen molar-refractivity contribution in [1.82, 2.24) is 4.98 Å². The van der Waals surface area contributed by atoms with Crippen molar-refractivity contribution in [3.05, 3.63) is 88.0 Å². The predicted molar refractivity (Wildman–Crippen MR) is 105 cm³/mol. The second-order valence-corrected chi connectivity index (χ2v) is 6.33. The summed E-state index contributed by atoms with van der Waals surface area (Å²) in [4.78, 5) is 27.2. The maximum Gasteiger partial charge on any atom is 0.270 e. The highest BCUT2D eigenvalue weighted by molar-refractivity contribution is 6.05. The largest absolute Gasteiger partial charge is 0.436 e. The Morgan fingerprint density at radius 2 is 1.89 bits per heavy atom. The molecule has 0 radical (unpaired) electrons. The maximum absolute atomic E-state index is 12.4. The summed E-state index contributed by atoms with van der Waals surface area (Å²) in [6, 6.07) is 18.5. The predicted octanol–water partition coefficient (Wildman–Crippen LogP) is 4.96. The molecule has 7 heteroatoms. The molecule has 1 N–H and O–H groups in total. The van der Waals surface area contributed by atoms with Gasteiger partial charge in [-0.2, -0.15) is 0 Å². The quantitative estimate of drug-likeness (QED) is 0.402. The van der Waals surface area contributed by atoms with E-state index in [-0.39, 0.29) is 11.3 Å². The third-order valence-electron chi connectivity index (χ3n) is 4.23. The fraction of sp³-hybridized carbons (Fsp3) is 0.0476. The van der Waals surface area contributed by atoms with Crippen molar-refractivity contribution in [3.8, 4) is 11.5 Å². The Hall–Kier alpha value is -4.00. The van der Waals surface area contributed by atoms with Crippen LogP contribution in [0.15, 0.2) is 71.1 Å². The molecule has 1 heterocycles. The molecule has 0 aliphatic carbocycles. The van der Waals surface area contributed by atoms with Gasteiger partial charge >= 0.3 is 0 Å². The van der Waals surface area contributed by atoms with Crippen LogP contribution in [0.4, 0.5) is 11.4 Å². The van der Waals surface area contributed by atoms with Gasteiger partial charge in [-0.1, -0.05) is 23.8 Å². The lowest BCUT2D eigenvalue weighted by Crippen LogP contribution is -2.12. The van der Waals surface area contributed by atoms with Crippen LogP contribution in [0.3, 0.4) is 0 Å². The monoisotopic (exact) mass is 373 g/mol. The van der Waals surface area contributed by atoms with Crippen LogP contribution in [0.1, 0.15) is 15.9 Å². The Kier molecular flexibility index (Phi) is 4.33. The summed E-state index contributed by atoms with van der Waals surface area (Å²) in [5.41, 5.74) is 3.77. The molecule has 0 spiro atoms. The molecular formula is C21H15N3O4. The molecule has 138 valence electrons. The summed E-state index contributed by atoms with van der Waals surface area (Å²) < 4.78 is 5.80. The first kappa shape index (κ1) is 17.4. The van der Waals surface area contributed by atoms with Crippen LogP contribution >= 0.6 is 0 Å². The van der Waals surface area contributed by atoms with Crippen LogP contribution in [0, 0.1) is 17.0 Å². The average Bonchev–Trinajstić information content (AvgIpc) is 3.11. The molecule has 4 aromatic rings. The molecule has 0 aliphatic heterocycles. The van der Waals surface area contributed by atoms with Crippen LogP contribution in [0.25, 0.3) is 22.6 Å². The Morgan fingerprint density at radius 1 is 1.07 bits per heavy atom. The summed E-state index contributed by atoms with van der Waals surface area (Å²) in [6.45, 7) is 1.99. The van der Waals surface area contributed by atoms with Gasteiger partial charge in [-0.25, -0.2) is 4.98 Å². The number of carbonyl (C=O) groups excluding carboxylic acids is 1. The highest BCUT2D eigenvalue weighted by atomic mass is 16.6. The number of anilines is 1. The van der Waals surface area contributed by atoms with Gasteiger partial charge in [0.05, 0.1) is 4.92 Å². The lowest BCUT2D eigenvalue weighted by atomic mass is 10.1. The molecule has 0 aliphatic rings. The maximum atomic E-state index is 12.4. The summed E-state index contributed by atoms with van der Waals surface area (Å²) in [5.74, 6) is 0.0614. The zero-order valence-electron chi connectivity index (χ0n) is 14.9. The number of rotatable bonds is 4. The first-order valence-electron chi connectivity index (χ1n) is 8.53. The Labute approximate surface area is 159 Å². The number of nitrogens with one attached hydrogen (secondary N) is 1. The second kappa shape index (κ2) is 6.96. The number of amides is 1. The van der Waals surface area contributed by atoms with E-state index in [0.29, 0.717) is 22.7 Å². The molecule has 28 heavy (non-hydrogen) atoms. The van der Waals surface area contributed by atoms with Crippen LogP contribution in [0.5, 0.6) is 0 Å². The van der Waals surface area contributed by atoms with Crippen LogP contribution in [0.2, 0.25) is 0 Å². The minimum absolute atomic E-state index is 0.137. The fourth-order valence-corrected chi connectivity index (χ4v) is 2.87. The van der Waals surface area contributed by atoms with Crippen LogP contribution < -0.4 is 5.32 Å². The normalized spacial score (nSPS) is 10.8. The van der Waals surface area contributed by atoms with Crippen molar-refractivity contribution >= 4 is 28.4 Å². The number of nitro benzene ring substituents is 1. The van der Waals surface area contributed by atoms with Crippen LogP contribution in [-0.4, -0.2) is 15.8 Å². The van der Waals surface area contributed by atoms with Gasteiger partial charge in [0.1, 0.15) is 5.52 Å². The summed E-state index contributed by atoms with van der Waals surface area (Å²) >= 11 is 0. The van der Waals surface area contributed by atoms with Crippen LogP contribution in [-0.2, 0) is 0 Å². The fourth-order valence-electron chi connectivity index (χ4n) is 2.87. The van der Waals surface area contributed by atoms with Gasteiger partial charge in [-0.3, -0.25) is 14.9 Å². The van der Waals surface area contributed by atoms with Gasteiger partial charge in [0.2, 0.25) is 5.89 Å². The molecular weight excluding hydrogens is 358 g/mol. The summed E-state index contributed by atoms with van der Waals surface area (Å²) in [7, 11) is 0. The number of aromatic nitrogens is 1. The second-order valence-electron chi connectivity index (χ2n) is 6.33. The third-order valence-corrected chi connectivity index (χ3v) is 4.23. The van der Waals surface area contributed by atoms with E-state index >= 15 is 0 Å². The number of oxazole rings is 1. The van der Waals surface area contributed by atoms with Crippen molar-refractivity contribution < 1.29 is 14.1 Å². The zero-order valence-corrected chi connectivity index (χ0v) is 14.9. The van der Waals surface area contributed by atoms with Crippen molar-refractivity contribution in [2.75, 3.05) is 5.32 Å². The van der Waals surface area contributed by atoms with Crippen molar-refractivity contribution in [1.29, 1.82) is 0 Å². The smallest absolute Gasteiger partial charge is 0.270 e. The van der Waals surface area contributed by atoms with Gasteiger partial charge in [0.15, 0.2) is 5.58 Å². The molecule has 4 rings (SSSR count). The number of hydrogen-bond donors (Lipinski definition) is 1. The molecule has 1 aromatic heterocycles. The average molecular weight is 373 g/mol. The molecule has 0 bridgehead atoms. The third kappa shape index (κ3) is 3.45. The number of nitro groups is 1. The highest BCUT2D eigenvalue weighted by Gasteiger charge is 2.13. The standard InChI is InChI=1S/C21H15N3O4/c1-13-4-2-6-15(10-13)21-23-18-12-16(8-9-19(18)28-21)22-20(25)14-5-3-7-17(11-14)24(26)27/h2-12H,1H3,(H,22,25). The number of benzene rings is 3. The van der Waals surface area contributed by atoms with E-state index in [9.17, 15) is 14.9 Å². The zero-order chi connectivity index (χ0) is 19.7. The van der Waals surface area contributed by atoms with Gasteiger partial charge in [0.25, 0.3) is 11.6 Å². The first-order valence-corrected chi connectivity index (χ1v) is 8.53. The van der Waals surface area contributed by atoms with E-state index in [1.165, 1.54) is 24.3 Å². The first-order chi connectivity index (χ1) is 13.5. The number of aryl methyl sites for hydroxylation is 1. The number of fused-ring (bicyclic) bond motifs is 1. The molecule has 3 aromatic carbocycles. The van der Waals surface area contributed by atoms with Crippen molar-refractivity contribution in [2.45, 2.75) is 6.92 Å².